The van der Waals surface area contributed by atoms with Gasteiger partial charge in [-0.15, -0.1) is 0 Å². The standard InChI is InChI=1S/C29H39NO5/c1-21(31)29(2)20-30(16-15-28(32)34-19-22-9-5-4-6-10-22)18-25(29)23-13-14-26(33-3)27(17-23)35-24-11-7-8-12-24/h4-6,9-10,13-14,17,21,24-25,31H,7-8,11-12,15-16,18-20H2,1-3H3/t21?,25-,29-/m0/s1. The summed E-state index contributed by atoms with van der Waals surface area (Å²) < 4.78 is 17.4. The minimum atomic E-state index is -0.496. The third kappa shape index (κ3) is 6.17. The van der Waals surface area contributed by atoms with Crippen molar-refractivity contribution in [2.24, 2.45) is 5.41 Å². The van der Waals surface area contributed by atoms with E-state index < -0.39 is 6.10 Å². The van der Waals surface area contributed by atoms with E-state index in [1.807, 2.05) is 43.3 Å². The van der Waals surface area contributed by atoms with Gasteiger partial charge >= 0.3 is 5.97 Å². The normalized spacial score (nSPS) is 23.8. The van der Waals surface area contributed by atoms with Gasteiger partial charge in [0.2, 0.25) is 0 Å². The van der Waals surface area contributed by atoms with Crippen LogP contribution >= 0.6 is 0 Å². The monoisotopic (exact) mass is 481 g/mol. The van der Waals surface area contributed by atoms with E-state index >= 15 is 0 Å². The first-order valence-electron chi connectivity index (χ1n) is 12.8. The number of benzene rings is 2. The molecule has 190 valence electrons. The number of hydrogen-bond acceptors (Lipinski definition) is 6. The number of aliphatic hydroxyl groups is 1. The van der Waals surface area contributed by atoms with Crippen LogP contribution in [0.4, 0.5) is 0 Å². The average Bonchev–Trinajstić information content (AvgIpc) is 3.50. The molecule has 6 nitrogen and oxygen atoms in total. The van der Waals surface area contributed by atoms with Crippen LogP contribution in [0.2, 0.25) is 0 Å². The SMILES string of the molecule is COc1ccc([C@@H]2CN(CCC(=O)OCc3ccccc3)C[C@@]2(C)C(C)O)cc1OC1CCCC1. The Morgan fingerprint density at radius 1 is 1.14 bits per heavy atom. The molecule has 4 rings (SSSR count). The zero-order valence-corrected chi connectivity index (χ0v) is 21.2. The van der Waals surface area contributed by atoms with E-state index in [4.69, 9.17) is 14.2 Å². The van der Waals surface area contributed by atoms with Crippen molar-refractivity contribution >= 4 is 5.97 Å². The number of likely N-dealkylation sites (tertiary alicyclic amines) is 1. The molecule has 2 fully saturated rings. The average molecular weight is 482 g/mol. The molecule has 3 atom stereocenters. The maximum Gasteiger partial charge on any atom is 0.307 e. The quantitative estimate of drug-likeness (QED) is 0.485. The van der Waals surface area contributed by atoms with E-state index in [2.05, 4.69) is 24.0 Å². The van der Waals surface area contributed by atoms with E-state index in [9.17, 15) is 9.90 Å². The molecule has 35 heavy (non-hydrogen) atoms. The summed E-state index contributed by atoms with van der Waals surface area (Å²) in [5.74, 6) is 1.44. The van der Waals surface area contributed by atoms with Gasteiger partial charge in [-0.2, -0.15) is 0 Å². The van der Waals surface area contributed by atoms with Gasteiger partial charge in [-0.25, -0.2) is 0 Å². The van der Waals surface area contributed by atoms with Crippen LogP contribution < -0.4 is 9.47 Å². The first-order chi connectivity index (χ1) is 16.9. The number of aliphatic hydroxyl groups excluding tert-OH is 1. The minimum Gasteiger partial charge on any atom is -0.493 e. The lowest BCUT2D eigenvalue weighted by molar-refractivity contribution is -0.145. The molecule has 0 amide bonds. The molecule has 0 aromatic heterocycles. The zero-order valence-electron chi connectivity index (χ0n) is 21.2. The van der Waals surface area contributed by atoms with Crippen molar-refractivity contribution in [3.8, 4) is 11.5 Å². The Morgan fingerprint density at radius 3 is 2.57 bits per heavy atom. The van der Waals surface area contributed by atoms with Crippen LogP contribution in [0.25, 0.3) is 0 Å². The Hall–Kier alpha value is -2.57. The minimum absolute atomic E-state index is 0.111. The fourth-order valence-corrected chi connectivity index (χ4v) is 5.45. The van der Waals surface area contributed by atoms with Gasteiger partial charge in [-0.3, -0.25) is 4.79 Å². The van der Waals surface area contributed by atoms with E-state index in [1.165, 1.54) is 12.8 Å². The van der Waals surface area contributed by atoms with Gasteiger partial charge in [0, 0.05) is 31.0 Å². The molecule has 0 radical (unpaired) electrons. The fraction of sp³-hybridized carbons (Fsp3) is 0.552. The molecule has 1 aliphatic carbocycles. The van der Waals surface area contributed by atoms with E-state index in [0.29, 0.717) is 26.1 Å². The Morgan fingerprint density at radius 2 is 1.89 bits per heavy atom. The topological polar surface area (TPSA) is 68.2 Å². The molecule has 0 spiro atoms. The highest BCUT2D eigenvalue weighted by molar-refractivity contribution is 5.69. The molecule has 1 saturated heterocycles. The first-order valence-corrected chi connectivity index (χ1v) is 12.8. The molecule has 2 aliphatic rings. The van der Waals surface area contributed by atoms with Crippen LogP contribution in [0.5, 0.6) is 11.5 Å². The van der Waals surface area contributed by atoms with Crippen LogP contribution in [0.3, 0.4) is 0 Å². The third-order valence-corrected chi connectivity index (χ3v) is 7.82. The Balaban J connectivity index is 1.42. The summed E-state index contributed by atoms with van der Waals surface area (Å²) in [5, 5.41) is 10.8. The highest BCUT2D eigenvalue weighted by Gasteiger charge is 2.47. The molecule has 1 unspecified atom stereocenters. The first kappa shape index (κ1) is 25.5. The van der Waals surface area contributed by atoms with Crippen LogP contribution in [0.15, 0.2) is 48.5 Å². The summed E-state index contributed by atoms with van der Waals surface area (Å²) in [6.07, 6.45) is 4.64. The second-order valence-corrected chi connectivity index (χ2v) is 10.3. The molecule has 1 aliphatic heterocycles. The predicted octanol–water partition coefficient (Wildman–Crippen LogP) is 4.94. The lowest BCUT2D eigenvalue weighted by Crippen LogP contribution is -2.37. The van der Waals surface area contributed by atoms with Crippen molar-refractivity contribution in [2.45, 2.75) is 70.7 Å². The highest BCUT2D eigenvalue weighted by atomic mass is 16.5. The van der Waals surface area contributed by atoms with Gasteiger partial charge < -0.3 is 24.2 Å². The molecule has 1 N–H and O–H groups in total. The Bertz CT molecular complexity index is 972. The summed E-state index contributed by atoms with van der Waals surface area (Å²) in [6, 6.07) is 15.9. The van der Waals surface area contributed by atoms with E-state index in [1.54, 1.807) is 7.11 Å². The summed E-state index contributed by atoms with van der Waals surface area (Å²) in [7, 11) is 1.67. The van der Waals surface area contributed by atoms with Gasteiger partial charge in [-0.1, -0.05) is 43.3 Å². The molecule has 1 heterocycles. The van der Waals surface area contributed by atoms with Crippen molar-refractivity contribution in [3.05, 3.63) is 59.7 Å². The number of methoxy groups -OCH3 is 1. The molecule has 2 aromatic carbocycles. The number of ether oxygens (including phenoxy) is 3. The van der Waals surface area contributed by atoms with Crippen LogP contribution in [0.1, 0.15) is 63.0 Å². The number of nitrogens with zero attached hydrogens (tertiary/aromatic N) is 1. The molecular weight excluding hydrogens is 442 g/mol. The van der Waals surface area contributed by atoms with E-state index in [0.717, 1.165) is 42.0 Å². The number of esters is 1. The third-order valence-electron chi connectivity index (χ3n) is 7.82. The second kappa shape index (κ2) is 11.4. The van der Waals surface area contributed by atoms with Crippen LogP contribution in [-0.4, -0.2) is 54.9 Å². The number of hydrogen-bond donors (Lipinski definition) is 1. The van der Waals surface area contributed by atoms with E-state index in [-0.39, 0.29) is 23.4 Å². The number of carbonyl (C=O) groups is 1. The lowest BCUT2D eigenvalue weighted by Gasteiger charge is -2.34. The van der Waals surface area contributed by atoms with Crippen LogP contribution in [0, 0.1) is 5.41 Å². The lowest BCUT2D eigenvalue weighted by atomic mass is 9.72. The van der Waals surface area contributed by atoms with Gasteiger partial charge in [0.15, 0.2) is 11.5 Å². The molecule has 1 saturated carbocycles. The molecule has 2 aromatic rings. The van der Waals surface area contributed by atoms with Crippen molar-refractivity contribution in [1.82, 2.24) is 4.90 Å². The Labute approximate surface area is 209 Å². The number of rotatable bonds is 10. The van der Waals surface area contributed by atoms with Gasteiger partial charge in [-0.05, 0) is 55.9 Å². The zero-order chi connectivity index (χ0) is 24.8. The summed E-state index contributed by atoms with van der Waals surface area (Å²) in [4.78, 5) is 14.6. The summed E-state index contributed by atoms with van der Waals surface area (Å²) in [5.41, 5.74) is 1.78. The fourth-order valence-electron chi connectivity index (χ4n) is 5.45. The largest absolute Gasteiger partial charge is 0.493 e. The smallest absolute Gasteiger partial charge is 0.307 e. The van der Waals surface area contributed by atoms with Crippen molar-refractivity contribution in [3.63, 3.8) is 0 Å². The molecule has 0 bridgehead atoms. The Kier molecular flexibility index (Phi) is 8.34. The predicted molar refractivity (Wildman–Crippen MR) is 136 cm³/mol. The highest BCUT2D eigenvalue weighted by Crippen LogP contribution is 2.47. The second-order valence-electron chi connectivity index (χ2n) is 10.3. The van der Waals surface area contributed by atoms with Crippen LogP contribution in [-0.2, 0) is 16.1 Å². The number of carbonyl (C=O) groups excluding carboxylic acids is 1. The van der Waals surface area contributed by atoms with Crippen molar-refractivity contribution in [2.75, 3.05) is 26.7 Å². The maximum atomic E-state index is 12.4. The van der Waals surface area contributed by atoms with Gasteiger partial charge in [0.25, 0.3) is 0 Å². The molecule has 6 heteroatoms. The summed E-state index contributed by atoms with van der Waals surface area (Å²) in [6.45, 7) is 6.38. The van der Waals surface area contributed by atoms with Crippen molar-refractivity contribution in [1.29, 1.82) is 0 Å². The molecular formula is C29H39NO5. The summed E-state index contributed by atoms with van der Waals surface area (Å²) >= 11 is 0. The maximum absolute atomic E-state index is 12.4. The van der Waals surface area contributed by atoms with Gasteiger partial charge in [0.1, 0.15) is 6.61 Å². The van der Waals surface area contributed by atoms with Gasteiger partial charge in [0.05, 0.1) is 25.7 Å². The van der Waals surface area contributed by atoms with Crippen molar-refractivity contribution < 1.29 is 24.1 Å².